The van der Waals surface area contributed by atoms with Crippen molar-refractivity contribution < 1.29 is 14.3 Å². The molecule has 1 amide bonds. The molecule has 1 atom stereocenters. The van der Waals surface area contributed by atoms with Crippen LogP contribution < -0.4 is 5.32 Å². The molecular weight excluding hydrogens is 178 g/mol. The van der Waals surface area contributed by atoms with Crippen LogP contribution in [0.5, 0.6) is 0 Å². The molecule has 0 spiro atoms. The summed E-state index contributed by atoms with van der Waals surface area (Å²) in [6.45, 7) is 2.90. The van der Waals surface area contributed by atoms with Gasteiger partial charge in [0.15, 0.2) is 0 Å². The lowest BCUT2D eigenvalue weighted by Crippen LogP contribution is -2.35. The van der Waals surface area contributed by atoms with Gasteiger partial charge >= 0.3 is 5.97 Å². The van der Waals surface area contributed by atoms with E-state index in [-0.39, 0.29) is 10.9 Å². The fourth-order valence-electron chi connectivity index (χ4n) is 0.566. The van der Waals surface area contributed by atoms with Gasteiger partial charge in [0.2, 0.25) is 5.91 Å². The van der Waals surface area contributed by atoms with Crippen molar-refractivity contribution in [3.8, 4) is 0 Å². The van der Waals surface area contributed by atoms with Crippen LogP contribution in [0.15, 0.2) is 0 Å². The van der Waals surface area contributed by atoms with Gasteiger partial charge in [0.1, 0.15) is 5.92 Å². The Kier molecular flexibility index (Phi) is 4.43. The average Bonchev–Trinajstić information content (AvgIpc) is 2.00. The number of ether oxygens (including phenoxy) is 1. The molecule has 68 valence electrons. The van der Waals surface area contributed by atoms with Crippen molar-refractivity contribution in [2.75, 3.05) is 7.11 Å². The van der Waals surface area contributed by atoms with Crippen LogP contribution in [0.25, 0.3) is 0 Å². The molecule has 0 aromatic rings. The maximum absolute atomic E-state index is 10.9. The van der Waals surface area contributed by atoms with Gasteiger partial charge in [0, 0.05) is 6.92 Å². The van der Waals surface area contributed by atoms with Crippen molar-refractivity contribution in [1.29, 1.82) is 0 Å². The van der Waals surface area contributed by atoms with Crippen molar-refractivity contribution >= 4 is 29.1 Å². The Morgan fingerprint density at radius 1 is 1.50 bits per heavy atom. The summed E-state index contributed by atoms with van der Waals surface area (Å²) in [6, 6.07) is 0. The molecule has 0 saturated carbocycles. The number of carbonyl (C=O) groups is 2. The van der Waals surface area contributed by atoms with Gasteiger partial charge in [0.25, 0.3) is 0 Å². The zero-order valence-corrected chi connectivity index (χ0v) is 8.03. The van der Waals surface area contributed by atoms with E-state index in [1.165, 1.54) is 14.0 Å². The number of rotatable bonds is 2. The topological polar surface area (TPSA) is 55.4 Å². The van der Waals surface area contributed by atoms with Crippen LogP contribution >= 0.6 is 12.2 Å². The second-order valence-electron chi connectivity index (χ2n) is 2.29. The Balaban J connectivity index is 4.10. The van der Waals surface area contributed by atoms with Gasteiger partial charge in [-0.05, 0) is 6.92 Å². The molecule has 0 aromatic heterocycles. The number of esters is 1. The van der Waals surface area contributed by atoms with Gasteiger partial charge < -0.3 is 10.1 Å². The van der Waals surface area contributed by atoms with Crippen molar-refractivity contribution in [3.05, 3.63) is 0 Å². The summed E-state index contributed by atoms with van der Waals surface area (Å²) in [4.78, 5) is 21.6. The monoisotopic (exact) mass is 189 g/mol. The van der Waals surface area contributed by atoms with Crippen molar-refractivity contribution in [1.82, 2.24) is 5.32 Å². The Bertz CT molecular complexity index is 215. The summed E-state index contributed by atoms with van der Waals surface area (Å²) in [5.74, 6) is -1.31. The first kappa shape index (κ1) is 11.0. The molecule has 0 heterocycles. The van der Waals surface area contributed by atoms with Crippen molar-refractivity contribution in [2.45, 2.75) is 13.8 Å². The zero-order valence-electron chi connectivity index (χ0n) is 7.21. The summed E-state index contributed by atoms with van der Waals surface area (Å²) in [5.41, 5.74) is 0. The van der Waals surface area contributed by atoms with Crippen LogP contribution in [0.2, 0.25) is 0 Å². The molecule has 0 fully saturated rings. The molecule has 0 bridgehead atoms. The largest absolute Gasteiger partial charge is 0.468 e. The number of hydrogen-bond donors (Lipinski definition) is 1. The predicted molar refractivity (Wildman–Crippen MR) is 47.6 cm³/mol. The molecule has 0 aliphatic heterocycles. The lowest BCUT2D eigenvalue weighted by Gasteiger charge is -2.10. The summed E-state index contributed by atoms with van der Waals surface area (Å²) in [6.07, 6.45) is 0. The Hall–Kier alpha value is -0.970. The molecule has 0 saturated heterocycles. The fraction of sp³-hybridized carbons (Fsp3) is 0.571. The molecule has 0 aliphatic rings. The van der Waals surface area contributed by atoms with Gasteiger partial charge in [-0.3, -0.25) is 9.59 Å². The number of hydrogen-bond acceptors (Lipinski definition) is 4. The highest BCUT2D eigenvalue weighted by Gasteiger charge is 2.18. The minimum atomic E-state index is -0.575. The molecular formula is C7H11NO3S. The van der Waals surface area contributed by atoms with E-state index in [1.807, 2.05) is 0 Å². The number of nitrogens with one attached hydrogen (secondary N) is 1. The number of amides is 1. The van der Waals surface area contributed by atoms with Crippen LogP contribution in [0.4, 0.5) is 0 Å². The molecule has 0 aliphatic carbocycles. The minimum absolute atomic E-state index is 0.189. The summed E-state index contributed by atoms with van der Waals surface area (Å²) in [7, 11) is 1.27. The Labute approximate surface area is 76.3 Å². The molecule has 1 unspecified atom stereocenters. The summed E-state index contributed by atoms with van der Waals surface area (Å²) >= 11 is 4.76. The lowest BCUT2D eigenvalue weighted by molar-refractivity contribution is -0.142. The van der Waals surface area contributed by atoms with Gasteiger partial charge in [-0.25, -0.2) is 0 Å². The van der Waals surface area contributed by atoms with E-state index in [1.54, 1.807) is 6.92 Å². The van der Waals surface area contributed by atoms with E-state index in [2.05, 4.69) is 10.1 Å². The van der Waals surface area contributed by atoms with Gasteiger partial charge in [0.05, 0.1) is 12.1 Å². The first-order chi connectivity index (χ1) is 5.49. The van der Waals surface area contributed by atoms with Crippen LogP contribution in [0.3, 0.4) is 0 Å². The van der Waals surface area contributed by atoms with Gasteiger partial charge in [-0.15, -0.1) is 0 Å². The minimum Gasteiger partial charge on any atom is -0.468 e. The van der Waals surface area contributed by atoms with Crippen molar-refractivity contribution in [2.24, 2.45) is 5.92 Å². The Morgan fingerprint density at radius 3 is 2.33 bits per heavy atom. The summed E-state index contributed by atoms with van der Waals surface area (Å²) < 4.78 is 4.44. The quantitative estimate of drug-likeness (QED) is 0.500. The maximum Gasteiger partial charge on any atom is 0.315 e. The second kappa shape index (κ2) is 4.82. The fourth-order valence-corrected chi connectivity index (χ4v) is 0.806. The van der Waals surface area contributed by atoms with E-state index in [9.17, 15) is 9.59 Å². The van der Waals surface area contributed by atoms with Gasteiger partial charge in [-0.1, -0.05) is 12.2 Å². The molecule has 0 rings (SSSR count). The van der Waals surface area contributed by atoms with Crippen LogP contribution in [0.1, 0.15) is 13.8 Å². The molecule has 12 heavy (non-hydrogen) atoms. The van der Waals surface area contributed by atoms with E-state index in [0.29, 0.717) is 0 Å². The first-order valence-electron chi connectivity index (χ1n) is 3.38. The third kappa shape index (κ3) is 3.43. The smallest absolute Gasteiger partial charge is 0.315 e. The van der Waals surface area contributed by atoms with E-state index < -0.39 is 11.9 Å². The zero-order chi connectivity index (χ0) is 9.72. The maximum atomic E-state index is 10.9. The third-order valence-corrected chi connectivity index (χ3v) is 1.70. The van der Waals surface area contributed by atoms with E-state index in [4.69, 9.17) is 12.2 Å². The summed E-state index contributed by atoms with van der Waals surface area (Å²) in [5, 5.41) is 2.35. The van der Waals surface area contributed by atoms with E-state index >= 15 is 0 Å². The van der Waals surface area contributed by atoms with Crippen LogP contribution in [-0.4, -0.2) is 24.0 Å². The standard InChI is InChI=1S/C7H11NO3S/c1-4(7(10)11-3)6(12)8-5(2)9/h4H,1-3H3,(H,8,9,12). The normalized spacial score (nSPS) is 11.6. The number of carbonyl (C=O) groups excluding carboxylic acids is 2. The van der Waals surface area contributed by atoms with Crippen LogP contribution in [-0.2, 0) is 14.3 Å². The first-order valence-corrected chi connectivity index (χ1v) is 3.79. The highest BCUT2D eigenvalue weighted by molar-refractivity contribution is 7.80. The van der Waals surface area contributed by atoms with Crippen LogP contribution in [0, 0.1) is 5.92 Å². The highest BCUT2D eigenvalue weighted by atomic mass is 32.1. The van der Waals surface area contributed by atoms with E-state index in [0.717, 1.165) is 0 Å². The highest BCUT2D eigenvalue weighted by Crippen LogP contribution is 1.99. The third-order valence-electron chi connectivity index (χ3n) is 1.25. The molecule has 0 aromatic carbocycles. The molecule has 5 heteroatoms. The molecule has 4 nitrogen and oxygen atoms in total. The number of thiocarbonyl (C=S) groups is 1. The predicted octanol–water partition coefficient (Wildman–Crippen LogP) is 0.259. The molecule has 0 radical (unpaired) electrons. The lowest BCUT2D eigenvalue weighted by atomic mass is 10.2. The Morgan fingerprint density at radius 2 is 2.00 bits per heavy atom. The SMILES string of the molecule is COC(=O)C(C)C(=S)NC(C)=O. The molecule has 1 N–H and O–H groups in total. The average molecular weight is 189 g/mol. The second-order valence-corrected chi connectivity index (χ2v) is 2.73. The number of methoxy groups -OCH3 is 1. The van der Waals surface area contributed by atoms with Gasteiger partial charge in [-0.2, -0.15) is 0 Å². The van der Waals surface area contributed by atoms with Crippen molar-refractivity contribution in [3.63, 3.8) is 0 Å².